The van der Waals surface area contributed by atoms with Crippen LogP contribution < -0.4 is 4.83 Å². The van der Waals surface area contributed by atoms with Crippen LogP contribution in [0.5, 0.6) is 5.75 Å². The van der Waals surface area contributed by atoms with Crippen LogP contribution in [0.4, 0.5) is 5.69 Å². The summed E-state index contributed by atoms with van der Waals surface area (Å²) in [5.41, 5.74) is -0.195. The average molecular weight is 259 g/mol. The summed E-state index contributed by atoms with van der Waals surface area (Å²) in [6.45, 7) is 0. The molecule has 0 saturated heterocycles. The van der Waals surface area contributed by atoms with Gasteiger partial charge >= 0.3 is 0 Å². The van der Waals surface area contributed by atoms with Gasteiger partial charge in [0, 0.05) is 17.7 Å². The van der Waals surface area contributed by atoms with Crippen molar-refractivity contribution in [3.8, 4) is 5.75 Å². The zero-order chi connectivity index (χ0) is 13.1. The number of nitrogens with one attached hydrogen (secondary N) is 1. The highest BCUT2D eigenvalue weighted by Crippen LogP contribution is 2.21. The molecule has 8 nitrogen and oxygen atoms in total. The largest absolute Gasteiger partial charge is 0.507 e. The van der Waals surface area contributed by atoms with Crippen LogP contribution in [0.3, 0.4) is 0 Å². The number of hydrogen-bond donors (Lipinski definition) is 2. The number of aromatic hydroxyl groups is 1. The number of non-ortho nitro benzene ring substituents is 1. The van der Waals surface area contributed by atoms with Crippen LogP contribution in [0, 0.1) is 10.1 Å². The number of sulfonamides is 1. The normalized spacial score (nSPS) is 11.6. The third-order valence-corrected chi connectivity index (χ3v) is 2.08. The second kappa shape index (κ2) is 4.78. The highest BCUT2D eigenvalue weighted by Gasteiger charge is 2.08. The molecule has 0 amide bonds. The maximum atomic E-state index is 10.7. The van der Waals surface area contributed by atoms with Crippen LogP contribution in [0.1, 0.15) is 5.56 Å². The first-order chi connectivity index (χ1) is 7.79. The predicted octanol–water partition coefficient (Wildman–Crippen LogP) is 0.183. The van der Waals surface area contributed by atoms with Crippen molar-refractivity contribution in [2.75, 3.05) is 6.26 Å². The molecule has 0 aromatic heterocycles. The van der Waals surface area contributed by atoms with Gasteiger partial charge in [-0.1, -0.05) is 0 Å². The van der Waals surface area contributed by atoms with Crippen molar-refractivity contribution in [2.45, 2.75) is 0 Å². The quantitative estimate of drug-likeness (QED) is 0.454. The van der Waals surface area contributed by atoms with Gasteiger partial charge in [0.05, 0.1) is 17.4 Å². The van der Waals surface area contributed by atoms with E-state index in [2.05, 4.69) is 5.10 Å². The van der Waals surface area contributed by atoms with E-state index < -0.39 is 14.9 Å². The smallest absolute Gasteiger partial charge is 0.270 e. The van der Waals surface area contributed by atoms with Gasteiger partial charge in [-0.2, -0.15) is 5.10 Å². The lowest BCUT2D eigenvalue weighted by atomic mass is 10.2. The second-order valence-corrected chi connectivity index (χ2v) is 4.85. The van der Waals surface area contributed by atoms with E-state index in [1.54, 1.807) is 4.83 Å². The van der Waals surface area contributed by atoms with Gasteiger partial charge in [0.2, 0.25) is 10.0 Å². The van der Waals surface area contributed by atoms with Crippen molar-refractivity contribution >= 4 is 21.9 Å². The van der Waals surface area contributed by atoms with Gasteiger partial charge in [0.1, 0.15) is 5.75 Å². The summed E-state index contributed by atoms with van der Waals surface area (Å²) in [5, 5.41) is 23.1. The Morgan fingerprint density at radius 1 is 1.53 bits per heavy atom. The van der Waals surface area contributed by atoms with Gasteiger partial charge in [0.15, 0.2) is 0 Å². The van der Waals surface area contributed by atoms with E-state index in [1.165, 1.54) is 0 Å². The number of nitro groups is 1. The molecule has 9 heteroatoms. The number of nitro benzene ring substituents is 1. The molecule has 1 rings (SSSR count). The summed E-state index contributed by atoms with van der Waals surface area (Å²) < 4.78 is 21.4. The molecule has 0 heterocycles. The SMILES string of the molecule is CS(=O)(=O)N/N=C\c1cc([N+](=O)[O-])ccc1O. The van der Waals surface area contributed by atoms with E-state index in [1.807, 2.05) is 0 Å². The van der Waals surface area contributed by atoms with Crippen LogP contribution in [0.25, 0.3) is 0 Å². The van der Waals surface area contributed by atoms with E-state index in [9.17, 15) is 23.6 Å². The Morgan fingerprint density at radius 3 is 2.71 bits per heavy atom. The molecule has 1 aromatic carbocycles. The topological polar surface area (TPSA) is 122 Å². The number of phenols is 1. The Balaban J connectivity index is 2.98. The summed E-state index contributed by atoms with van der Waals surface area (Å²) in [6, 6.07) is 3.32. The van der Waals surface area contributed by atoms with E-state index in [4.69, 9.17) is 0 Å². The summed E-state index contributed by atoms with van der Waals surface area (Å²) in [7, 11) is -3.50. The van der Waals surface area contributed by atoms with Gasteiger partial charge in [-0.05, 0) is 6.07 Å². The lowest BCUT2D eigenvalue weighted by Gasteiger charge is -1.99. The number of nitrogens with zero attached hydrogens (tertiary/aromatic N) is 2. The number of rotatable bonds is 4. The first kappa shape index (κ1) is 12.9. The molecule has 1 aromatic rings. The molecule has 0 aliphatic carbocycles. The van der Waals surface area contributed by atoms with Gasteiger partial charge in [0.25, 0.3) is 5.69 Å². The Bertz CT molecular complexity index is 567. The van der Waals surface area contributed by atoms with Gasteiger partial charge in [-0.15, -0.1) is 0 Å². The molecular weight excluding hydrogens is 250 g/mol. The molecular formula is C8H9N3O5S. The monoisotopic (exact) mass is 259 g/mol. The molecule has 0 aliphatic rings. The van der Waals surface area contributed by atoms with Crippen molar-refractivity contribution in [3.05, 3.63) is 33.9 Å². The summed E-state index contributed by atoms with van der Waals surface area (Å²) in [5.74, 6) is -0.241. The molecule has 2 N–H and O–H groups in total. The van der Waals surface area contributed by atoms with E-state index >= 15 is 0 Å². The van der Waals surface area contributed by atoms with Crippen molar-refractivity contribution in [1.29, 1.82) is 0 Å². The maximum Gasteiger partial charge on any atom is 0.270 e. The minimum absolute atomic E-state index is 0.0374. The Hall–Kier alpha value is -2.16. The highest BCUT2D eigenvalue weighted by atomic mass is 32.2. The fourth-order valence-corrected chi connectivity index (χ4v) is 1.19. The number of benzene rings is 1. The third-order valence-electron chi connectivity index (χ3n) is 1.64. The first-order valence-electron chi connectivity index (χ1n) is 4.27. The Morgan fingerprint density at radius 2 is 2.18 bits per heavy atom. The lowest BCUT2D eigenvalue weighted by Crippen LogP contribution is -2.15. The zero-order valence-electron chi connectivity index (χ0n) is 8.69. The summed E-state index contributed by atoms with van der Waals surface area (Å²) >= 11 is 0. The predicted molar refractivity (Wildman–Crippen MR) is 60.3 cm³/mol. The van der Waals surface area contributed by atoms with Crippen molar-refractivity contribution < 1.29 is 18.4 Å². The van der Waals surface area contributed by atoms with Gasteiger partial charge < -0.3 is 5.11 Å². The fraction of sp³-hybridized carbons (Fsp3) is 0.125. The highest BCUT2D eigenvalue weighted by molar-refractivity contribution is 7.88. The zero-order valence-corrected chi connectivity index (χ0v) is 9.51. The van der Waals surface area contributed by atoms with Crippen LogP contribution >= 0.6 is 0 Å². The van der Waals surface area contributed by atoms with Gasteiger partial charge in [-0.3, -0.25) is 10.1 Å². The third kappa shape index (κ3) is 4.07. The second-order valence-electron chi connectivity index (χ2n) is 3.12. The summed E-state index contributed by atoms with van der Waals surface area (Å²) in [6.07, 6.45) is 1.88. The van der Waals surface area contributed by atoms with E-state index in [-0.39, 0.29) is 17.0 Å². The van der Waals surface area contributed by atoms with E-state index in [0.29, 0.717) is 0 Å². The molecule has 0 radical (unpaired) electrons. The molecule has 0 fully saturated rings. The number of hydrogen-bond acceptors (Lipinski definition) is 6. The first-order valence-corrected chi connectivity index (χ1v) is 6.16. The molecule has 0 bridgehead atoms. The van der Waals surface area contributed by atoms with E-state index in [0.717, 1.165) is 30.7 Å². The molecule has 0 spiro atoms. The van der Waals surface area contributed by atoms with Crippen LogP contribution in [-0.2, 0) is 10.0 Å². The minimum Gasteiger partial charge on any atom is -0.507 e. The maximum absolute atomic E-state index is 10.7. The summed E-state index contributed by atoms with van der Waals surface area (Å²) in [4.78, 5) is 11.6. The molecule has 92 valence electrons. The van der Waals surface area contributed by atoms with Gasteiger partial charge in [-0.25, -0.2) is 13.2 Å². The van der Waals surface area contributed by atoms with Crippen molar-refractivity contribution in [1.82, 2.24) is 4.83 Å². The van der Waals surface area contributed by atoms with Crippen molar-refractivity contribution in [3.63, 3.8) is 0 Å². The average Bonchev–Trinajstić information content (AvgIpc) is 2.18. The molecule has 0 atom stereocenters. The number of hydrazone groups is 1. The van der Waals surface area contributed by atoms with Crippen LogP contribution in [0.2, 0.25) is 0 Å². The van der Waals surface area contributed by atoms with Crippen molar-refractivity contribution in [2.24, 2.45) is 5.10 Å². The van der Waals surface area contributed by atoms with Crippen LogP contribution in [0.15, 0.2) is 23.3 Å². The molecule has 0 unspecified atom stereocenters. The lowest BCUT2D eigenvalue weighted by molar-refractivity contribution is -0.384. The van der Waals surface area contributed by atoms with Crippen LogP contribution in [-0.4, -0.2) is 30.9 Å². The fourth-order valence-electron chi connectivity index (χ4n) is 0.951. The molecule has 17 heavy (non-hydrogen) atoms. The Labute approximate surface area is 96.8 Å². The number of phenolic OH excluding ortho intramolecular Hbond substituents is 1. The molecule has 0 aliphatic heterocycles. The Kier molecular flexibility index (Phi) is 3.63. The minimum atomic E-state index is -3.50. The molecule has 0 saturated carbocycles. The standard InChI is InChI=1S/C8H9N3O5S/c1-17(15,16)10-9-5-6-4-7(11(13)14)2-3-8(6)12/h2-5,10,12H,1H3/b9-5-.